The second-order valence-corrected chi connectivity index (χ2v) is 24.0. The first-order valence-corrected chi connectivity index (χ1v) is 34.2. The largest absolute Gasteiger partial charge is 0.465 e. The highest BCUT2D eigenvalue weighted by atomic mass is 16.7. The Kier molecular flexibility index (Phi) is 50.7. The number of hydrogen-bond donors (Lipinski definition) is 0. The molecule has 1 rings (SSSR count). The van der Waals surface area contributed by atoms with E-state index in [1.807, 2.05) is 0 Å². The molecule has 1 aliphatic heterocycles. The number of carbonyl (C=O) groups is 6. The third-order valence-corrected chi connectivity index (χ3v) is 16.1. The summed E-state index contributed by atoms with van der Waals surface area (Å²) >= 11 is 0. The Balaban J connectivity index is 2.87. The molecule has 0 aromatic rings. The minimum Gasteiger partial charge on any atom is -0.465 e. The predicted octanol–water partition coefficient (Wildman–Crippen LogP) is 16.4. The summed E-state index contributed by atoms with van der Waals surface area (Å²) in [5, 5.41) is 0. The number of nitrogens with zero attached hydrogens (tertiary/aromatic N) is 1. The van der Waals surface area contributed by atoms with Crippen LogP contribution in [-0.2, 0) is 66.7 Å². The molecular formula is C68H125NO14. The van der Waals surface area contributed by atoms with Gasteiger partial charge in [-0.1, -0.05) is 220 Å². The summed E-state index contributed by atoms with van der Waals surface area (Å²) in [6.07, 6.45) is 39.0. The lowest BCUT2D eigenvalue weighted by atomic mass is 9.94. The van der Waals surface area contributed by atoms with E-state index < -0.39 is 54.6 Å². The summed E-state index contributed by atoms with van der Waals surface area (Å²) in [7, 11) is 0. The molecule has 0 spiro atoms. The van der Waals surface area contributed by atoms with Crippen LogP contribution in [0.4, 0.5) is 0 Å². The van der Waals surface area contributed by atoms with Gasteiger partial charge in [0.1, 0.15) is 12.7 Å². The van der Waals surface area contributed by atoms with Gasteiger partial charge in [-0.15, -0.1) is 0 Å². The standard InChI is InChI=1S/C68H125NO14/c1-9-13-17-21-27-35-45-60(46-36-28-22-18-14-10-2)66(74)76-52-42-33-25-31-39-49-69(50-40-32-26-34-43-53-77-67(75)61(47-37-29-23-19-15-11-3)48-38-30-24-20-16-12-4)51-41-44-54-78-68-65(82-59(8)73)64(81-58(7)72)63(80-57(6)71)62(83-68)55-79-56(5)70/h60-65,68H,9-55H2,1-8H3/t62-,63-,64+,65+,68+/m1/s1. The van der Waals surface area contributed by atoms with Gasteiger partial charge in [-0.3, -0.25) is 28.8 Å². The van der Waals surface area contributed by atoms with E-state index in [4.69, 9.17) is 37.9 Å². The average molecular weight is 1180 g/mol. The van der Waals surface area contributed by atoms with Gasteiger partial charge in [-0.25, -0.2) is 0 Å². The van der Waals surface area contributed by atoms with Crippen LogP contribution >= 0.6 is 0 Å². The number of carbonyl (C=O) groups excluding carboxylic acids is 6. The van der Waals surface area contributed by atoms with Crippen LogP contribution in [0.1, 0.15) is 312 Å². The van der Waals surface area contributed by atoms with Crippen molar-refractivity contribution < 1.29 is 66.7 Å². The molecule has 0 radical (unpaired) electrons. The molecule has 1 fully saturated rings. The number of hydrogen-bond acceptors (Lipinski definition) is 15. The van der Waals surface area contributed by atoms with Crippen molar-refractivity contribution in [2.75, 3.05) is 46.1 Å². The van der Waals surface area contributed by atoms with Crippen LogP contribution in [0.5, 0.6) is 0 Å². The zero-order valence-corrected chi connectivity index (χ0v) is 54.4. The highest BCUT2D eigenvalue weighted by molar-refractivity contribution is 5.73. The van der Waals surface area contributed by atoms with Crippen LogP contribution in [0.25, 0.3) is 0 Å². The molecule has 15 heteroatoms. The maximum Gasteiger partial charge on any atom is 0.308 e. The monoisotopic (exact) mass is 1180 g/mol. The van der Waals surface area contributed by atoms with Crippen LogP contribution in [0.3, 0.4) is 0 Å². The highest BCUT2D eigenvalue weighted by Gasteiger charge is 2.52. The smallest absolute Gasteiger partial charge is 0.308 e. The van der Waals surface area contributed by atoms with Crippen molar-refractivity contribution in [3.8, 4) is 0 Å². The second kappa shape index (κ2) is 54.1. The van der Waals surface area contributed by atoms with Crippen LogP contribution in [0.15, 0.2) is 0 Å². The molecular weight excluding hydrogens is 1050 g/mol. The summed E-state index contributed by atoms with van der Waals surface area (Å²) in [5.41, 5.74) is 0. The molecule has 0 unspecified atom stereocenters. The first kappa shape index (κ1) is 77.7. The van der Waals surface area contributed by atoms with Crippen molar-refractivity contribution in [1.82, 2.24) is 4.90 Å². The molecule has 83 heavy (non-hydrogen) atoms. The van der Waals surface area contributed by atoms with Crippen LogP contribution < -0.4 is 0 Å². The summed E-state index contributed by atoms with van der Waals surface area (Å²) in [6.45, 7) is 17.5. The normalized spacial score (nSPS) is 17.0. The lowest BCUT2D eigenvalue weighted by Gasteiger charge is -2.44. The Morgan fingerprint density at radius 3 is 1.04 bits per heavy atom. The first-order valence-electron chi connectivity index (χ1n) is 34.2. The van der Waals surface area contributed by atoms with Crippen LogP contribution in [0, 0.1) is 11.8 Å². The zero-order chi connectivity index (χ0) is 61.0. The van der Waals surface area contributed by atoms with Crippen molar-refractivity contribution in [3.63, 3.8) is 0 Å². The van der Waals surface area contributed by atoms with Crippen LogP contribution in [0.2, 0.25) is 0 Å². The van der Waals surface area contributed by atoms with Crippen LogP contribution in [-0.4, -0.2) is 117 Å². The van der Waals surface area contributed by atoms with E-state index in [0.717, 1.165) is 142 Å². The number of ether oxygens (including phenoxy) is 8. The molecule has 15 nitrogen and oxygen atoms in total. The van der Waals surface area contributed by atoms with Crippen molar-refractivity contribution >= 4 is 35.8 Å². The van der Waals surface area contributed by atoms with E-state index >= 15 is 0 Å². The number of esters is 6. The average Bonchev–Trinajstić information content (AvgIpc) is 3.54. The molecule has 0 aromatic carbocycles. The Hall–Kier alpha value is -3.30. The van der Waals surface area contributed by atoms with E-state index in [9.17, 15) is 28.8 Å². The Bertz CT molecular complexity index is 1520. The second-order valence-electron chi connectivity index (χ2n) is 24.0. The molecule has 0 bridgehead atoms. The topological polar surface area (TPSA) is 179 Å². The molecule has 0 aliphatic carbocycles. The van der Waals surface area contributed by atoms with Gasteiger partial charge in [0.05, 0.1) is 25.0 Å². The summed E-state index contributed by atoms with van der Waals surface area (Å²) < 4.78 is 46.1. The van der Waals surface area contributed by atoms with Gasteiger partial charge in [-0.05, 0) is 83.8 Å². The van der Waals surface area contributed by atoms with Gasteiger partial charge in [0.2, 0.25) is 0 Å². The minimum absolute atomic E-state index is 0.0101. The molecule has 1 heterocycles. The maximum absolute atomic E-state index is 13.3. The molecule has 5 atom stereocenters. The predicted molar refractivity (Wildman–Crippen MR) is 331 cm³/mol. The lowest BCUT2D eigenvalue weighted by molar-refractivity contribution is -0.308. The Labute approximate surface area is 506 Å². The summed E-state index contributed by atoms with van der Waals surface area (Å²) in [6, 6.07) is 0. The quantitative estimate of drug-likeness (QED) is 0.0319. The van der Waals surface area contributed by atoms with Gasteiger partial charge >= 0.3 is 35.8 Å². The van der Waals surface area contributed by atoms with Crippen molar-refractivity contribution in [2.45, 2.75) is 343 Å². The minimum atomic E-state index is -1.28. The maximum atomic E-state index is 13.3. The van der Waals surface area contributed by atoms with Crippen molar-refractivity contribution in [3.05, 3.63) is 0 Å². The van der Waals surface area contributed by atoms with E-state index in [-0.39, 0.29) is 37.0 Å². The third kappa shape index (κ3) is 43.1. The number of unbranched alkanes of at least 4 members (excludes halogenated alkanes) is 29. The van der Waals surface area contributed by atoms with Gasteiger partial charge in [-0.2, -0.15) is 0 Å². The van der Waals surface area contributed by atoms with E-state index in [1.165, 1.54) is 156 Å². The fraction of sp³-hybridized carbons (Fsp3) is 0.912. The Morgan fingerprint density at radius 1 is 0.349 bits per heavy atom. The lowest BCUT2D eigenvalue weighted by Crippen LogP contribution is -2.63. The summed E-state index contributed by atoms with van der Waals surface area (Å²) in [4.78, 5) is 77.8. The zero-order valence-electron chi connectivity index (χ0n) is 54.4. The van der Waals surface area contributed by atoms with Gasteiger partial charge in [0.25, 0.3) is 0 Å². The number of rotatable bonds is 57. The van der Waals surface area contributed by atoms with Gasteiger partial charge in [0, 0.05) is 34.3 Å². The SMILES string of the molecule is CCCCCCCCC(CCCCCCCC)C(=O)OCCCCCCCN(CCCCCCCOC(=O)C(CCCCCCCC)CCCCCCCC)CCCCO[C@H]1O[C@H](COC(C)=O)[C@@H](OC(C)=O)[C@H](OC(C)=O)[C@@H]1OC(C)=O. The molecule has 486 valence electrons. The third-order valence-electron chi connectivity index (χ3n) is 16.1. The Morgan fingerprint density at radius 2 is 0.663 bits per heavy atom. The molecule has 0 N–H and O–H groups in total. The fourth-order valence-corrected chi connectivity index (χ4v) is 11.3. The molecule has 1 aliphatic rings. The molecule has 0 aromatic heterocycles. The summed E-state index contributed by atoms with van der Waals surface area (Å²) in [5.74, 6) is -2.57. The van der Waals surface area contributed by atoms with Crippen molar-refractivity contribution in [1.29, 1.82) is 0 Å². The van der Waals surface area contributed by atoms with E-state index in [1.54, 1.807) is 0 Å². The molecule has 0 amide bonds. The van der Waals surface area contributed by atoms with E-state index in [2.05, 4.69) is 32.6 Å². The van der Waals surface area contributed by atoms with Gasteiger partial charge in [0.15, 0.2) is 24.6 Å². The molecule has 0 saturated carbocycles. The molecule has 1 saturated heterocycles. The van der Waals surface area contributed by atoms with Crippen molar-refractivity contribution in [2.24, 2.45) is 11.8 Å². The highest BCUT2D eigenvalue weighted by Crippen LogP contribution is 2.31. The van der Waals surface area contributed by atoms with Gasteiger partial charge < -0.3 is 42.8 Å². The fourth-order valence-electron chi connectivity index (χ4n) is 11.3. The van der Waals surface area contributed by atoms with E-state index in [0.29, 0.717) is 19.6 Å². The first-order chi connectivity index (χ1) is 40.3.